The van der Waals surface area contributed by atoms with Crippen molar-refractivity contribution in [2.45, 2.75) is 120 Å². The Morgan fingerprint density at radius 1 is 0.862 bits per heavy atom. The van der Waals surface area contributed by atoms with Gasteiger partial charge in [0.25, 0.3) is 5.91 Å². The molecule has 0 radical (unpaired) electrons. The third kappa shape index (κ3) is 11.5. The minimum atomic E-state index is -0.671. The summed E-state index contributed by atoms with van der Waals surface area (Å²) in [6.07, 6.45) is 6.15. The fraction of sp³-hybridized carbons (Fsp3) is 0.418. The zero-order valence-corrected chi connectivity index (χ0v) is 39.8. The number of hydrogen-bond acceptors (Lipinski definition) is 9. The molecule has 4 aromatic carbocycles. The number of carbonyl (C=O) groups excluding carboxylic acids is 1. The maximum atomic E-state index is 14.1. The fourth-order valence-corrected chi connectivity index (χ4v) is 8.75. The molecule has 0 saturated heterocycles. The molecule has 0 unspecified atom stereocenters. The van der Waals surface area contributed by atoms with E-state index in [9.17, 15) is 4.79 Å². The largest absolute Gasteiger partial charge is 0.493 e. The van der Waals surface area contributed by atoms with Gasteiger partial charge in [-0.25, -0.2) is 0 Å². The number of fused-ring (bicyclic) bond motifs is 4. The van der Waals surface area contributed by atoms with Gasteiger partial charge < -0.3 is 38.2 Å². The quantitative estimate of drug-likeness (QED) is 0.0668. The lowest BCUT2D eigenvalue weighted by Crippen LogP contribution is -2.34. The Morgan fingerprint density at radius 2 is 1.55 bits per heavy atom. The Morgan fingerprint density at radius 3 is 2.23 bits per heavy atom. The summed E-state index contributed by atoms with van der Waals surface area (Å²) in [6, 6.07) is 29.1. The third-order valence-corrected chi connectivity index (χ3v) is 11.7. The number of anilines is 2. The number of carbonyl (C=O) groups is 1. The van der Waals surface area contributed by atoms with Gasteiger partial charge in [0.2, 0.25) is 0 Å². The molecule has 0 N–H and O–H groups in total. The van der Waals surface area contributed by atoms with E-state index >= 15 is 0 Å². The average Bonchev–Trinajstić information content (AvgIpc) is 3.59. The van der Waals surface area contributed by atoms with E-state index in [0.717, 1.165) is 53.8 Å². The van der Waals surface area contributed by atoms with Gasteiger partial charge in [0.05, 0.1) is 25.1 Å². The second kappa shape index (κ2) is 22.9. The van der Waals surface area contributed by atoms with Crippen molar-refractivity contribution in [2.75, 3.05) is 44.0 Å². The Balaban J connectivity index is 0.00000261. The van der Waals surface area contributed by atoms with Gasteiger partial charge >= 0.3 is 0 Å². The van der Waals surface area contributed by atoms with Crippen LogP contribution in [-0.4, -0.2) is 56.7 Å². The number of aromatic nitrogens is 1. The molecule has 10 nitrogen and oxygen atoms in total. The first-order chi connectivity index (χ1) is 31.0. The van der Waals surface area contributed by atoms with E-state index in [4.69, 9.17) is 33.4 Å². The molecule has 0 spiro atoms. The maximum absolute atomic E-state index is 14.1. The predicted molar refractivity (Wildman–Crippen MR) is 264 cm³/mol. The molecule has 0 fully saturated rings. The molecular weight excluding hydrogens is 815 g/mol. The van der Waals surface area contributed by atoms with Crippen molar-refractivity contribution in [1.29, 1.82) is 0 Å². The highest BCUT2D eigenvalue weighted by molar-refractivity contribution is 6.07. The maximum Gasteiger partial charge on any atom is 0.258 e. The molecule has 1 aromatic heterocycles. The second-order valence-corrected chi connectivity index (χ2v) is 16.7. The molecule has 0 aliphatic carbocycles. The summed E-state index contributed by atoms with van der Waals surface area (Å²) in [5.74, 6) is 2.30. The molecular formula is C55H71N3O7. The van der Waals surface area contributed by atoms with E-state index in [1.165, 1.54) is 28.1 Å². The van der Waals surface area contributed by atoms with E-state index in [1.807, 2.05) is 82.8 Å². The Kier molecular flexibility index (Phi) is 17.6. The zero-order valence-electron chi connectivity index (χ0n) is 39.8. The summed E-state index contributed by atoms with van der Waals surface area (Å²) in [5.41, 5.74) is 11.6. The van der Waals surface area contributed by atoms with E-state index in [-0.39, 0.29) is 33.3 Å². The third-order valence-electron chi connectivity index (χ3n) is 11.7. The van der Waals surface area contributed by atoms with Gasteiger partial charge in [-0.05, 0) is 131 Å². The summed E-state index contributed by atoms with van der Waals surface area (Å²) in [5, 5.41) is 0. The van der Waals surface area contributed by atoms with E-state index in [2.05, 4.69) is 74.2 Å². The van der Waals surface area contributed by atoms with Crippen LogP contribution in [-0.2, 0) is 41.9 Å². The van der Waals surface area contributed by atoms with Crippen molar-refractivity contribution >= 4 is 23.0 Å². The van der Waals surface area contributed by atoms with E-state index < -0.39 is 5.60 Å². The van der Waals surface area contributed by atoms with Gasteiger partial charge in [-0.3, -0.25) is 9.78 Å². The number of benzene rings is 4. The Bertz CT molecular complexity index is 2430. The van der Waals surface area contributed by atoms with Crippen LogP contribution in [0, 0.1) is 13.8 Å². The van der Waals surface area contributed by atoms with E-state index in [1.54, 1.807) is 20.3 Å². The number of amides is 1. The van der Waals surface area contributed by atoms with Gasteiger partial charge in [-0.2, -0.15) is 0 Å². The van der Waals surface area contributed by atoms with Gasteiger partial charge in [0.1, 0.15) is 37.1 Å². The minimum Gasteiger partial charge on any atom is -0.493 e. The van der Waals surface area contributed by atoms with Crippen LogP contribution in [0.5, 0.6) is 23.0 Å². The monoisotopic (exact) mass is 886 g/mol. The van der Waals surface area contributed by atoms with Gasteiger partial charge in [0.15, 0.2) is 11.5 Å². The first-order valence-electron chi connectivity index (χ1n) is 22.7. The van der Waals surface area contributed by atoms with Crippen LogP contribution >= 0.6 is 0 Å². The number of hydrogen-bond donors (Lipinski definition) is 0. The molecule has 3 heterocycles. The lowest BCUT2D eigenvalue weighted by atomic mass is 9.97. The highest BCUT2D eigenvalue weighted by atomic mass is 16.7. The molecule has 1 atom stereocenters. The number of nitrogens with zero attached hydrogens (tertiary/aromatic N) is 3. The van der Waals surface area contributed by atoms with Gasteiger partial charge in [-0.15, -0.1) is 0 Å². The molecule has 10 heteroatoms. The van der Waals surface area contributed by atoms with Crippen LogP contribution in [0.15, 0.2) is 91.0 Å². The molecule has 0 bridgehead atoms. The summed E-state index contributed by atoms with van der Waals surface area (Å²) in [4.78, 5) is 23.4. The van der Waals surface area contributed by atoms with E-state index in [0.29, 0.717) is 53.4 Å². The first-order valence-corrected chi connectivity index (χ1v) is 22.7. The smallest absolute Gasteiger partial charge is 0.258 e. The number of aryl methyl sites for hydroxylation is 4. The van der Waals surface area contributed by atoms with Crippen LogP contribution in [0.3, 0.4) is 0 Å². The molecule has 2 aliphatic heterocycles. The highest BCUT2D eigenvalue weighted by Gasteiger charge is 2.35. The van der Waals surface area contributed by atoms with Crippen LogP contribution in [0.2, 0.25) is 0 Å². The molecule has 65 heavy (non-hydrogen) atoms. The lowest BCUT2D eigenvalue weighted by molar-refractivity contribution is -0.0796. The van der Waals surface area contributed by atoms with Crippen LogP contribution in [0.25, 0.3) is 5.70 Å². The van der Waals surface area contributed by atoms with Gasteiger partial charge in [-0.1, -0.05) is 70.7 Å². The highest BCUT2D eigenvalue weighted by Crippen LogP contribution is 2.44. The molecule has 1 amide bonds. The molecule has 0 saturated carbocycles. The summed E-state index contributed by atoms with van der Waals surface area (Å²) in [6.45, 7) is 19.5. The van der Waals surface area contributed by atoms with Crippen LogP contribution in [0.4, 0.5) is 11.4 Å². The molecule has 5 aromatic rings. The normalized spacial score (nSPS) is 14.5. The Labute approximate surface area is 388 Å². The first kappa shape index (κ1) is 50.2. The molecule has 2 aliphatic rings. The summed E-state index contributed by atoms with van der Waals surface area (Å²) in [7, 11) is 3.18. The number of ether oxygens (including phenoxy) is 6. The summed E-state index contributed by atoms with van der Waals surface area (Å²) >= 11 is 0. The second-order valence-electron chi connectivity index (χ2n) is 16.7. The molecule has 7 rings (SSSR count). The zero-order chi connectivity index (χ0) is 46.0. The molecule has 348 valence electrons. The van der Waals surface area contributed by atoms with Crippen molar-refractivity contribution in [1.82, 2.24) is 4.98 Å². The summed E-state index contributed by atoms with van der Waals surface area (Å²) < 4.78 is 36.1. The standard InChI is InChI=1S/C52H61N3O7.C2H6.CH4/c1-10-36-17-13-15-19-46(36)54(12-3)51(56)43-29-49(58-9)50(24-34(43)4)61-31-40-28-42(62-52(6,7)32-59-33-57-8)27-39(53-40)30-60-48-26-37-21-22-41-25-38-18-14-16-20-47(38)55(41)45(11-2)44(37)23-35(48)5;1-2;/h11,13-20,23-24,26-29,41H,10,12,21-22,25,30-33H2,1-9H3;1-2H3;1H4/b45-11-;;/t41-;;/m1../s1. The number of rotatable bonds is 17. The van der Waals surface area contributed by atoms with Crippen LogP contribution in [0.1, 0.15) is 117 Å². The number of methoxy groups -OCH3 is 2. The average molecular weight is 886 g/mol. The predicted octanol–water partition coefficient (Wildman–Crippen LogP) is 12.3. The van der Waals surface area contributed by atoms with Gasteiger partial charge in [0, 0.05) is 60.0 Å². The Hall–Kier alpha value is -5.84. The topological polar surface area (TPSA) is 91.8 Å². The number of para-hydroxylation sites is 2. The lowest BCUT2D eigenvalue weighted by Gasteiger charge is -2.28. The van der Waals surface area contributed by atoms with Crippen molar-refractivity contribution in [3.8, 4) is 23.0 Å². The van der Waals surface area contributed by atoms with Crippen LogP contribution < -0.4 is 28.7 Å². The fourth-order valence-electron chi connectivity index (χ4n) is 8.75. The number of allylic oxidation sites excluding steroid dienone is 1. The van der Waals surface area contributed by atoms with Crippen molar-refractivity contribution in [3.05, 3.63) is 141 Å². The van der Waals surface area contributed by atoms with Crippen molar-refractivity contribution in [3.63, 3.8) is 0 Å². The van der Waals surface area contributed by atoms with Crippen molar-refractivity contribution in [2.24, 2.45) is 0 Å². The minimum absolute atomic E-state index is 0. The van der Waals surface area contributed by atoms with Crippen molar-refractivity contribution < 1.29 is 33.2 Å². The number of pyridine rings is 1. The SMILES string of the molecule is C.C/C=C1/c2cc(C)c(OCc3cc(OC(C)(C)COCOC)cc(COc4cc(C)c(C(=O)N(CC)c5ccccc5CC)cc4OC)n3)cc2CC[C@@H]2Cc3ccccc3N12.CC.